The van der Waals surface area contributed by atoms with E-state index in [1.807, 2.05) is 0 Å². The normalized spacial score (nSPS) is 19.1. The van der Waals surface area contributed by atoms with Crippen LogP contribution < -0.4 is 5.32 Å². The molecule has 2 N–H and O–H groups in total. The van der Waals surface area contributed by atoms with Crippen LogP contribution in [0.3, 0.4) is 0 Å². The molecule has 0 amide bonds. The zero-order chi connectivity index (χ0) is 13.7. The van der Waals surface area contributed by atoms with Crippen molar-refractivity contribution in [2.75, 3.05) is 18.5 Å². The van der Waals surface area contributed by atoms with Crippen LogP contribution in [-0.2, 0) is 4.74 Å². The van der Waals surface area contributed by atoms with Gasteiger partial charge in [0.1, 0.15) is 17.2 Å². The lowest BCUT2D eigenvalue weighted by atomic mass is 10.1. The van der Waals surface area contributed by atoms with Crippen LogP contribution in [-0.4, -0.2) is 40.3 Å². The maximum atomic E-state index is 11.1. The van der Waals surface area contributed by atoms with E-state index in [1.165, 1.54) is 12.6 Å². The van der Waals surface area contributed by atoms with Gasteiger partial charge in [-0.05, 0) is 32.6 Å². The number of aromatic nitrogens is 2. The number of carboxylic acid groups (broad SMARTS) is 1. The molecule has 19 heavy (non-hydrogen) atoms. The number of aryl methyl sites for hydroxylation is 1. The van der Waals surface area contributed by atoms with Crippen LogP contribution in [0.4, 0.5) is 5.82 Å². The van der Waals surface area contributed by atoms with Crippen molar-refractivity contribution >= 4 is 11.8 Å². The monoisotopic (exact) mass is 265 g/mol. The van der Waals surface area contributed by atoms with Crippen molar-refractivity contribution in [3.63, 3.8) is 0 Å². The van der Waals surface area contributed by atoms with E-state index in [0.29, 0.717) is 18.2 Å². The van der Waals surface area contributed by atoms with Gasteiger partial charge < -0.3 is 15.2 Å². The zero-order valence-corrected chi connectivity index (χ0v) is 11.1. The standard InChI is InChI=1S/C13H19N3O3/c1-9-15-8-11(13(17)18)12(16-9)14-6-5-10-4-2-3-7-19-10/h8,10H,2-7H2,1H3,(H,17,18)(H,14,15,16). The Kier molecular flexibility index (Phi) is 4.68. The maximum Gasteiger partial charge on any atom is 0.341 e. The number of carbonyl (C=O) groups is 1. The zero-order valence-electron chi connectivity index (χ0n) is 11.1. The Hall–Kier alpha value is -1.69. The summed E-state index contributed by atoms with van der Waals surface area (Å²) >= 11 is 0. The molecule has 1 aliphatic rings. The molecule has 1 aromatic rings. The molecular formula is C13H19N3O3. The number of carboxylic acids is 1. The van der Waals surface area contributed by atoms with Gasteiger partial charge in [0.05, 0.1) is 6.10 Å². The van der Waals surface area contributed by atoms with E-state index in [2.05, 4.69) is 15.3 Å². The topological polar surface area (TPSA) is 84.3 Å². The Morgan fingerprint density at radius 2 is 2.42 bits per heavy atom. The highest BCUT2D eigenvalue weighted by atomic mass is 16.5. The van der Waals surface area contributed by atoms with E-state index in [0.717, 1.165) is 25.9 Å². The number of nitrogens with one attached hydrogen (secondary N) is 1. The van der Waals surface area contributed by atoms with Crippen LogP contribution in [0.1, 0.15) is 41.9 Å². The molecule has 6 heteroatoms. The molecule has 0 bridgehead atoms. The number of hydrogen-bond acceptors (Lipinski definition) is 5. The molecule has 0 radical (unpaired) electrons. The van der Waals surface area contributed by atoms with Gasteiger partial charge in [0.2, 0.25) is 0 Å². The number of nitrogens with zero attached hydrogens (tertiary/aromatic N) is 2. The summed E-state index contributed by atoms with van der Waals surface area (Å²) in [5, 5.41) is 12.1. The van der Waals surface area contributed by atoms with E-state index in [4.69, 9.17) is 9.84 Å². The predicted molar refractivity (Wildman–Crippen MR) is 70.4 cm³/mol. The molecule has 2 heterocycles. The summed E-state index contributed by atoms with van der Waals surface area (Å²) in [6.07, 6.45) is 5.90. The molecule has 104 valence electrons. The SMILES string of the molecule is Cc1ncc(C(=O)O)c(NCCC2CCCCO2)n1. The lowest BCUT2D eigenvalue weighted by molar-refractivity contribution is 0.0134. The first-order valence-electron chi connectivity index (χ1n) is 6.59. The number of ether oxygens (including phenoxy) is 1. The van der Waals surface area contributed by atoms with Crippen molar-refractivity contribution in [1.29, 1.82) is 0 Å². The molecule has 1 fully saturated rings. The van der Waals surface area contributed by atoms with Crippen molar-refractivity contribution < 1.29 is 14.6 Å². The van der Waals surface area contributed by atoms with Crippen LogP contribution in [0.25, 0.3) is 0 Å². The van der Waals surface area contributed by atoms with Gasteiger partial charge in [-0.15, -0.1) is 0 Å². The third-order valence-corrected chi connectivity index (χ3v) is 3.17. The fraction of sp³-hybridized carbons (Fsp3) is 0.615. The molecule has 0 spiro atoms. The summed E-state index contributed by atoms with van der Waals surface area (Å²) in [6.45, 7) is 3.22. The highest BCUT2D eigenvalue weighted by molar-refractivity contribution is 5.92. The Morgan fingerprint density at radius 3 is 3.11 bits per heavy atom. The van der Waals surface area contributed by atoms with Crippen molar-refractivity contribution in [2.45, 2.75) is 38.7 Å². The molecule has 6 nitrogen and oxygen atoms in total. The van der Waals surface area contributed by atoms with Crippen LogP contribution in [0.15, 0.2) is 6.20 Å². The van der Waals surface area contributed by atoms with E-state index < -0.39 is 5.97 Å². The minimum absolute atomic E-state index is 0.107. The van der Waals surface area contributed by atoms with Crippen molar-refractivity contribution in [3.8, 4) is 0 Å². The highest BCUT2D eigenvalue weighted by Gasteiger charge is 2.15. The lowest BCUT2D eigenvalue weighted by Crippen LogP contribution is -2.22. The third-order valence-electron chi connectivity index (χ3n) is 3.17. The van der Waals surface area contributed by atoms with Gasteiger partial charge in [-0.1, -0.05) is 0 Å². The minimum Gasteiger partial charge on any atom is -0.477 e. The molecule has 0 saturated carbocycles. The average molecular weight is 265 g/mol. The smallest absolute Gasteiger partial charge is 0.341 e. The van der Waals surface area contributed by atoms with Crippen molar-refractivity contribution in [1.82, 2.24) is 9.97 Å². The second-order valence-electron chi connectivity index (χ2n) is 4.69. The van der Waals surface area contributed by atoms with Gasteiger partial charge >= 0.3 is 5.97 Å². The summed E-state index contributed by atoms with van der Waals surface area (Å²) in [5.41, 5.74) is 0.107. The Morgan fingerprint density at radius 1 is 1.58 bits per heavy atom. The first-order chi connectivity index (χ1) is 9.16. The average Bonchev–Trinajstić information content (AvgIpc) is 2.39. The fourth-order valence-electron chi connectivity index (χ4n) is 2.15. The van der Waals surface area contributed by atoms with Crippen molar-refractivity contribution in [2.24, 2.45) is 0 Å². The van der Waals surface area contributed by atoms with Crippen LogP contribution in [0.2, 0.25) is 0 Å². The maximum absolute atomic E-state index is 11.1. The molecule has 1 aliphatic heterocycles. The van der Waals surface area contributed by atoms with Gasteiger partial charge in [-0.2, -0.15) is 0 Å². The quantitative estimate of drug-likeness (QED) is 0.845. The van der Waals surface area contributed by atoms with Gasteiger partial charge in [0.15, 0.2) is 0 Å². The number of hydrogen-bond donors (Lipinski definition) is 2. The van der Waals surface area contributed by atoms with Crippen LogP contribution >= 0.6 is 0 Å². The third kappa shape index (κ3) is 3.89. The Balaban J connectivity index is 1.91. The van der Waals surface area contributed by atoms with Crippen molar-refractivity contribution in [3.05, 3.63) is 17.6 Å². The second kappa shape index (κ2) is 6.47. The van der Waals surface area contributed by atoms with Crippen LogP contribution in [0, 0.1) is 6.92 Å². The Labute approximate surface area is 112 Å². The number of aromatic carboxylic acids is 1. The molecule has 0 aliphatic carbocycles. The van der Waals surface area contributed by atoms with E-state index in [1.54, 1.807) is 6.92 Å². The lowest BCUT2D eigenvalue weighted by Gasteiger charge is -2.22. The molecule has 0 aromatic carbocycles. The fourth-order valence-corrected chi connectivity index (χ4v) is 2.15. The second-order valence-corrected chi connectivity index (χ2v) is 4.69. The number of rotatable bonds is 5. The molecule has 1 atom stereocenters. The summed E-state index contributed by atoms with van der Waals surface area (Å²) in [4.78, 5) is 19.1. The highest BCUT2D eigenvalue weighted by Crippen LogP contribution is 2.16. The molecule has 1 aromatic heterocycles. The first-order valence-corrected chi connectivity index (χ1v) is 6.59. The minimum atomic E-state index is -1.02. The largest absolute Gasteiger partial charge is 0.477 e. The summed E-state index contributed by atoms with van der Waals surface area (Å²) in [5.74, 6) is -0.0753. The first kappa shape index (κ1) is 13.7. The summed E-state index contributed by atoms with van der Waals surface area (Å²) in [6, 6.07) is 0. The molecule has 1 unspecified atom stereocenters. The summed E-state index contributed by atoms with van der Waals surface area (Å²) < 4.78 is 5.63. The van der Waals surface area contributed by atoms with E-state index in [9.17, 15) is 4.79 Å². The van der Waals surface area contributed by atoms with Gasteiger partial charge in [0, 0.05) is 19.3 Å². The van der Waals surface area contributed by atoms with E-state index >= 15 is 0 Å². The van der Waals surface area contributed by atoms with Gasteiger partial charge in [-0.25, -0.2) is 14.8 Å². The molecular weight excluding hydrogens is 246 g/mol. The molecule has 2 rings (SSSR count). The van der Waals surface area contributed by atoms with Gasteiger partial charge in [0.25, 0.3) is 0 Å². The number of anilines is 1. The van der Waals surface area contributed by atoms with Gasteiger partial charge in [-0.3, -0.25) is 0 Å². The summed E-state index contributed by atoms with van der Waals surface area (Å²) in [7, 11) is 0. The molecule has 1 saturated heterocycles. The Bertz CT molecular complexity index is 445. The predicted octanol–water partition coefficient (Wildman–Crippen LogP) is 1.85. The van der Waals surface area contributed by atoms with E-state index in [-0.39, 0.29) is 11.7 Å². The van der Waals surface area contributed by atoms with Crippen LogP contribution in [0.5, 0.6) is 0 Å².